The van der Waals surface area contributed by atoms with Crippen LogP contribution < -0.4 is 11.1 Å². The Hall–Kier alpha value is -1.75. The Labute approximate surface area is 110 Å². The number of nitrogen functional groups attached to an aromatic ring is 1. The molecule has 0 fully saturated rings. The molecule has 0 aliphatic heterocycles. The minimum atomic E-state index is -0.0754. The summed E-state index contributed by atoms with van der Waals surface area (Å²) in [6.07, 6.45) is 2.78. The van der Waals surface area contributed by atoms with Gasteiger partial charge in [-0.25, -0.2) is 0 Å². The van der Waals surface area contributed by atoms with Crippen LogP contribution in [0.5, 0.6) is 0 Å². The number of amides is 1. The molecule has 0 aliphatic rings. The lowest BCUT2D eigenvalue weighted by atomic mass is 10.3. The van der Waals surface area contributed by atoms with Gasteiger partial charge in [0.05, 0.1) is 12.2 Å². The largest absolute Gasteiger partial charge is 0.397 e. The van der Waals surface area contributed by atoms with Crippen LogP contribution in [0.1, 0.15) is 28.7 Å². The topological polar surface area (TPSA) is 60.0 Å². The van der Waals surface area contributed by atoms with Crippen LogP contribution in [-0.2, 0) is 13.1 Å². The number of nitrogens with two attached hydrogens (primary N) is 1. The number of hydrogen-bond acceptors (Lipinski definition) is 3. The van der Waals surface area contributed by atoms with Gasteiger partial charge in [0.25, 0.3) is 5.91 Å². The molecule has 1 amide bonds. The zero-order chi connectivity index (χ0) is 13.0. The number of aryl methyl sites for hydroxylation is 1. The molecule has 0 atom stereocenters. The minimum Gasteiger partial charge on any atom is -0.397 e. The summed E-state index contributed by atoms with van der Waals surface area (Å²) in [5.74, 6) is -0.0754. The Morgan fingerprint density at radius 2 is 2.39 bits per heavy atom. The maximum atomic E-state index is 12.1. The van der Waals surface area contributed by atoms with Gasteiger partial charge in [0, 0.05) is 17.6 Å². The van der Waals surface area contributed by atoms with E-state index in [4.69, 9.17) is 5.73 Å². The lowest BCUT2D eigenvalue weighted by molar-refractivity contribution is 0.0942. The van der Waals surface area contributed by atoms with Crippen LogP contribution in [0, 0.1) is 0 Å². The van der Waals surface area contributed by atoms with Crippen molar-refractivity contribution in [2.75, 3.05) is 5.73 Å². The van der Waals surface area contributed by atoms with Crippen molar-refractivity contribution >= 4 is 22.9 Å². The Bertz CT molecular complexity index is 516. The predicted molar refractivity (Wildman–Crippen MR) is 74.6 cm³/mol. The first-order valence-corrected chi connectivity index (χ1v) is 6.85. The third-order valence-corrected chi connectivity index (χ3v) is 3.49. The van der Waals surface area contributed by atoms with Gasteiger partial charge < -0.3 is 15.6 Å². The molecule has 0 aliphatic carbocycles. The molecule has 96 valence electrons. The van der Waals surface area contributed by atoms with Crippen molar-refractivity contribution in [1.29, 1.82) is 0 Å². The molecule has 2 aromatic heterocycles. The first kappa shape index (κ1) is 12.7. The van der Waals surface area contributed by atoms with Crippen LogP contribution in [0.3, 0.4) is 0 Å². The molecule has 2 rings (SSSR count). The van der Waals surface area contributed by atoms with E-state index in [1.54, 1.807) is 17.4 Å². The van der Waals surface area contributed by atoms with Gasteiger partial charge in [0.15, 0.2) is 0 Å². The first-order chi connectivity index (χ1) is 8.70. The van der Waals surface area contributed by atoms with Crippen molar-refractivity contribution in [3.05, 3.63) is 40.3 Å². The van der Waals surface area contributed by atoms with Crippen LogP contribution in [0.25, 0.3) is 0 Å². The van der Waals surface area contributed by atoms with E-state index >= 15 is 0 Å². The molecular formula is C13H17N3OS. The average molecular weight is 263 g/mol. The second-order valence-electron chi connectivity index (χ2n) is 4.11. The van der Waals surface area contributed by atoms with Gasteiger partial charge in [0.1, 0.15) is 5.69 Å². The highest BCUT2D eigenvalue weighted by atomic mass is 32.1. The zero-order valence-electron chi connectivity index (χ0n) is 10.3. The predicted octanol–water partition coefficient (Wildman–Crippen LogP) is 2.47. The zero-order valence-corrected chi connectivity index (χ0v) is 11.2. The molecule has 0 radical (unpaired) electrons. The standard InChI is InChI=1S/C13H17N3OS/c1-2-5-16-9-10(14)7-12(16)13(17)15-8-11-4-3-6-18-11/h3-4,6-7,9H,2,5,8,14H2,1H3,(H,15,17). The number of nitrogens with one attached hydrogen (secondary N) is 1. The quantitative estimate of drug-likeness (QED) is 0.870. The van der Waals surface area contributed by atoms with Gasteiger partial charge in [-0.1, -0.05) is 13.0 Å². The maximum Gasteiger partial charge on any atom is 0.268 e. The number of thiophene rings is 1. The van der Waals surface area contributed by atoms with Crippen molar-refractivity contribution in [1.82, 2.24) is 9.88 Å². The monoisotopic (exact) mass is 263 g/mol. The molecule has 5 heteroatoms. The van der Waals surface area contributed by atoms with Crippen molar-refractivity contribution < 1.29 is 4.79 Å². The molecule has 0 saturated carbocycles. The fourth-order valence-corrected chi connectivity index (χ4v) is 2.47. The van der Waals surface area contributed by atoms with Gasteiger partial charge >= 0.3 is 0 Å². The number of hydrogen-bond donors (Lipinski definition) is 2. The maximum absolute atomic E-state index is 12.1. The average Bonchev–Trinajstić information content (AvgIpc) is 2.96. The molecule has 2 heterocycles. The number of carbonyl (C=O) groups is 1. The first-order valence-electron chi connectivity index (χ1n) is 5.97. The number of aromatic nitrogens is 1. The Balaban J connectivity index is 2.03. The second-order valence-corrected chi connectivity index (χ2v) is 5.15. The number of nitrogens with zero attached hydrogens (tertiary/aromatic N) is 1. The summed E-state index contributed by atoms with van der Waals surface area (Å²) in [6.45, 7) is 3.44. The number of rotatable bonds is 5. The van der Waals surface area contributed by atoms with Gasteiger partial charge in [-0.3, -0.25) is 4.79 Å². The fourth-order valence-electron chi connectivity index (χ4n) is 1.82. The van der Waals surface area contributed by atoms with Crippen LogP contribution in [0.4, 0.5) is 5.69 Å². The van der Waals surface area contributed by atoms with Gasteiger partial charge in [-0.2, -0.15) is 0 Å². The van der Waals surface area contributed by atoms with Crippen molar-refractivity contribution in [2.24, 2.45) is 0 Å². The Morgan fingerprint density at radius 3 is 3.06 bits per heavy atom. The third-order valence-electron chi connectivity index (χ3n) is 2.62. The molecule has 18 heavy (non-hydrogen) atoms. The molecule has 3 N–H and O–H groups in total. The normalized spacial score (nSPS) is 10.5. The molecule has 0 spiro atoms. The summed E-state index contributed by atoms with van der Waals surface area (Å²) >= 11 is 1.63. The highest BCUT2D eigenvalue weighted by Crippen LogP contribution is 2.12. The van der Waals surface area contributed by atoms with Crippen LogP contribution in [0.2, 0.25) is 0 Å². The Morgan fingerprint density at radius 1 is 1.56 bits per heavy atom. The van der Waals surface area contributed by atoms with E-state index in [2.05, 4.69) is 12.2 Å². The van der Waals surface area contributed by atoms with Gasteiger partial charge in [-0.05, 0) is 23.9 Å². The van der Waals surface area contributed by atoms with E-state index in [1.165, 1.54) is 0 Å². The molecule has 0 saturated heterocycles. The summed E-state index contributed by atoms with van der Waals surface area (Å²) in [4.78, 5) is 13.2. The lowest BCUT2D eigenvalue weighted by Gasteiger charge is -2.07. The fraction of sp³-hybridized carbons (Fsp3) is 0.308. The summed E-state index contributed by atoms with van der Waals surface area (Å²) in [5, 5.41) is 4.91. The molecule has 0 bridgehead atoms. The van der Waals surface area contributed by atoms with Crippen molar-refractivity contribution in [2.45, 2.75) is 26.4 Å². The van der Waals surface area contributed by atoms with Crippen LogP contribution in [-0.4, -0.2) is 10.5 Å². The van der Waals surface area contributed by atoms with Crippen LogP contribution >= 0.6 is 11.3 Å². The molecule has 0 unspecified atom stereocenters. The summed E-state index contributed by atoms with van der Waals surface area (Å²) in [7, 11) is 0. The smallest absolute Gasteiger partial charge is 0.268 e. The van der Waals surface area contributed by atoms with E-state index in [0.717, 1.165) is 17.8 Å². The van der Waals surface area contributed by atoms with Crippen LogP contribution in [0.15, 0.2) is 29.8 Å². The SMILES string of the molecule is CCCn1cc(N)cc1C(=O)NCc1cccs1. The van der Waals surface area contributed by atoms with Gasteiger partial charge in [0.2, 0.25) is 0 Å². The van der Waals surface area contributed by atoms with Gasteiger partial charge in [-0.15, -0.1) is 11.3 Å². The third kappa shape index (κ3) is 2.92. The van der Waals surface area contributed by atoms with E-state index < -0.39 is 0 Å². The molecule has 4 nitrogen and oxygen atoms in total. The van der Waals surface area contributed by atoms with E-state index in [1.807, 2.05) is 28.3 Å². The molecule has 2 aromatic rings. The molecule has 0 aromatic carbocycles. The highest BCUT2D eigenvalue weighted by molar-refractivity contribution is 7.09. The Kier molecular flexibility index (Phi) is 4.04. The minimum absolute atomic E-state index is 0.0754. The number of carbonyl (C=O) groups excluding carboxylic acids is 1. The summed E-state index contributed by atoms with van der Waals surface area (Å²) in [6, 6.07) is 5.70. The van der Waals surface area contributed by atoms with E-state index in [-0.39, 0.29) is 5.91 Å². The highest BCUT2D eigenvalue weighted by Gasteiger charge is 2.12. The van der Waals surface area contributed by atoms with E-state index in [0.29, 0.717) is 17.9 Å². The van der Waals surface area contributed by atoms with E-state index in [9.17, 15) is 4.79 Å². The van der Waals surface area contributed by atoms with Crippen molar-refractivity contribution in [3.63, 3.8) is 0 Å². The second kappa shape index (κ2) is 5.73. The lowest BCUT2D eigenvalue weighted by Crippen LogP contribution is -2.25. The number of anilines is 1. The van der Waals surface area contributed by atoms with Crippen molar-refractivity contribution in [3.8, 4) is 0 Å². The summed E-state index contributed by atoms with van der Waals surface area (Å²) in [5.41, 5.74) is 7.00. The molecular weight excluding hydrogens is 246 g/mol. The summed E-state index contributed by atoms with van der Waals surface area (Å²) < 4.78 is 1.90.